The van der Waals surface area contributed by atoms with E-state index in [4.69, 9.17) is 10.9 Å². The molecular formula is C18H23N5O2S2. The van der Waals surface area contributed by atoms with Gasteiger partial charge in [0.2, 0.25) is 10.0 Å². The average Bonchev–Trinajstić information content (AvgIpc) is 3.26. The number of hydrogen-bond donors (Lipinski definition) is 2. The molecule has 0 bridgehead atoms. The van der Waals surface area contributed by atoms with Crippen molar-refractivity contribution in [3.05, 3.63) is 34.6 Å². The Morgan fingerprint density at radius 2 is 2.04 bits per heavy atom. The topological polar surface area (TPSA) is 117 Å². The molecular weight excluding hydrogens is 382 g/mol. The van der Waals surface area contributed by atoms with Crippen LogP contribution in [-0.2, 0) is 35.8 Å². The third kappa shape index (κ3) is 3.59. The lowest BCUT2D eigenvalue weighted by Gasteiger charge is -2.17. The number of hydrogen-bond acceptors (Lipinski definition) is 6. The summed E-state index contributed by atoms with van der Waals surface area (Å²) in [6.45, 7) is 0.821. The van der Waals surface area contributed by atoms with Gasteiger partial charge in [0.1, 0.15) is 9.73 Å². The van der Waals surface area contributed by atoms with Crippen LogP contribution in [0.15, 0.2) is 22.0 Å². The minimum absolute atomic E-state index is 0.281. The van der Waals surface area contributed by atoms with Gasteiger partial charge in [0.25, 0.3) is 0 Å². The lowest BCUT2D eigenvalue weighted by molar-refractivity contribution is 0.595. The van der Waals surface area contributed by atoms with Crippen LogP contribution in [0, 0.1) is 0 Å². The Kier molecular flexibility index (Phi) is 4.92. The Morgan fingerprint density at radius 3 is 2.85 bits per heavy atom. The summed E-state index contributed by atoms with van der Waals surface area (Å²) >= 11 is 1.18. The summed E-state index contributed by atoms with van der Waals surface area (Å²) in [5, 5.41) is 7.06. The number of aromatic nitrogens is 3. The van der Waals surface area contributed by atoms with Crippen molar-refractivity contribution in [2.45, 2.75) is 55.7 Å². The Balaban J connectivity index is 1.49. The van der Waals surface area contributed by atoms with E-state index in [0.717, 1.165) is 60.9 Å². The second kappa shape index (κ2) is 7.21. The zero-order valence-electron chi connectivity index (χ0n) is 15.0. The molecule has 0 aliphatic heterocycles. The molecule has 3 aromatic heterocycles. The molecule has 0 spiro atoms. The van der Waals surface area contributed by atoms with Crippen LogP contribution in [0.4, 0.5) is 5.82 Å². The summed E-state index contributed by atoms with van der Waals surface area (Å²) < 4.78 is 25.7. The molecule has 27 heavy (non-hydrogen) atoms. The van der Waals surface area contributed by atoms with Crippen LogP contribution in [0.1, 0.15) is 42.5 Å². The lowest BCUT2D eigenvalue weighted by atomic mass is 9.95. The highest BCUT2D eigenvalue weighted by molar-refractivity contribution is 7.91. The summed E-state index contributed by atoms with van der Waals surface area (Å²) in [5.74, 6) is 0.514. The molecule has 4 rings (SSSR count). The quantitative estimate of drug-likeness (QED) is 0.611. The number of fused-ring (bicyclic) bond motifs is 3. The molecule has 7 nitrogen and oxygen atoms in total. The monoisotopic (exact) mass is 405 g/mol. The normalized spacial score (nSPS) is 14.6. The molecule has 1 aliphatic carbocycles. The predicted octanol–water partition coefficient (Wildman–Crippen LogP) is 2.62. The number of thiophene rings is 1. The first-order valence-electron chi connectivity index (χ1n) is 9.16. The van der Waals surface area contributed by atoms with E-state index in [2.05, 4.69) is 14.5 Å². The zero-order valence-corrected chi connectivity index (χ0v) is 16.7. The summed E-state index contributed by atoms with van der Waals surface area (Å²) in [5.41, 5.74) is 11.2. The fourth-order valence-electron chi connectivity index (χ4n) is 3.88. The summed E-state index contributed by atoms with van der Waals surface area (Å²) in [6.07, 6.45) is 8.68. The minimum Gasteiger partial charge on any atom is -0.382 e. The molecule has 3 heterocycles. The number of imidazole rings is 1. The first-order valence-corrected chi connectivity index (χ1v) is 11.6. The van der Waals surface area contributed by atoms with E-state index in [1.165, 1.54) is 23.3 Å². The maximum Gasteiger partial charge on any atom is 0.247 e. The van der Waals surface area contributed by atoms with Gasteiger partial charge in [0.05, 0.1) is 11.8 Å². The maximum atomic E-state index is 11.6. The highest BCUT2D eigenvalue weighted by Crippen LogP contribution is 2.30. The molecule has 0 unspecified atom stereocenters. The van der Waals surface area contributed by atoms with Crippen LogP contribution in [-0.4, -0.2) is 23.0 Å². The molecule has 0 saturated heterocycles. The molecule has 0 aromatic carbocycles. The van der Waals surface area contributed by atoms with Crippen LogP contribution in [0.25, 0.3) is 11.0 Å². The van der Waals surface area contributed by atoms with E-state index in [0.29, 0.717) is 12.2 Å². The van der Waals surface area contributed by atoms with Gasteiger partial charge in [0, 0.05) is 12.2 Å². The van der Waals surface area contributed by atoms with Gasteiger partial charge < -0.3 is 10.3 Å². The number of aryl methyl sites for hydroxylation is 4. The van der Waals surface area contributed by atoms with E-state index in [1.54, 1.807) is 5.38 Å². The molecule has 0 atom stereocenters. The average molecular weight is 406 g/mol. The van der Waals surface area contributed by atoms with Crippen LogP contribution in [0.5, 0.6) is 0 Å². The van der Waals surface area contributed by atoms with E-state index in [9.17, 15) is 8.42 Å². The second-order valence-corrected chi connectivity index (χ2v) is 9.67. The number of nitrogen functional groups attached to an aromatic ring is 1. The Morgan fingerprint density at radius 1 is 1.22 bits per heavy atom. The smallest absolute Gasteiger partial charge is 0.247 e. The van der Waals surface area contributed by atoms with Crippen molar-refractivity contribution in [3.8, 4) is 0 Å². The second-order valence-electron chi connectivity index (χ2n) is 7.00. The van der Waals surface area contributed by atoms with Gasteiger partial charge in [-0.2, -0.15) is 0 Å². The molecule has 1 aliphatic rings. The van der Waals surface area contributed by atoms with Crippen LogP contribution in [0.3, 0.4) is 0 Å². The maximum absolute atomic E-state index is 11.6. The molecule has 0 radical (unpaired) electrons. The van der Waals surface area contributed by atoms with Crippen molar-refractivity contribution in [3.63, 3.8) is 0 Å². The number of nitrogens with two attached hydrogens (primary N) is 2. The highest BCUT2D eigenvalue weighted by atomic mass is 32.2. The van der Waals surface area contributed by atoms with Gasteiger partial charge in [-0.15, -0.1) is 11.3 Å². The van der Waals surface area contributed by atoms with Gasteiger partial charge in [-0.25, -0.2) is 23.5 Å². The molecule has 4 N–H and O–H groups in total. The van der Waals surface area contributed by atoms with Crippen molar-refractivity contribution >= 4 is 38.2 Å². The third-order valence-corrected chi connectivity index (χ3v) is 7.63. The molecule has 0 saturated carbocycles. The van der Waals surface area contributed by atoms with E-state index < -0.39 is 10.0 Å². The van der Waals surface area contributed by atoms with Crippen molar-refractivity contribution in [2.24, 2.45) is 5.14 Å². The van der Waals surface area contributed by atoms with Crippen molar-refractivity contribution < 1.29 is 8.42 Å². The van der Waals surface area contributed by atoms with E-state index in [1.807, 2.05) is 12.4 Å². The Bertz CT molecular complexity index is 1080. The van der Waals surface area contributed by atoms with Crippen LogP contribution >= 0.6 is 11.3 Å². The standard InChI is InChI=1S/C18H23N5O2S2/c19-17-15-16(13-6-1-2-7-14(13)22-17)23(11-21-15)9-4-3-5-12-8-10-26-18(12)27(20,24)25/h8,10-11H,1-7,9H2,(H2,19,22)(H2,20,24,25). The van der Waals surface area contributed by atoms with Crippen molar-refractivity contribution in [2.75, 3.05) is 5.73 Å². The van der Waals surface area contributed by atoms with Crippen LogP contribution in [0.2, 0.25) is 0 Å². The Hall–Kier alpha value is -1.97. The lowest BCUT2D eigenvalue weighted by Crippen LogP contribution is -2.12. The van der Waals surface area contributed by atoms with Gasteiger partial charge >= 0.3 is 0 Å². The van der Waals surface area contributed by atoms with Crippen LogP contribution < -0.4 is 10.9 Å². The van der Waals surface area contributed by atoms with Gasteiger partial charge in [-0.1, -0.05) is 0 Å². The van der Waals surface area contributed by atoms with Gasteiger partial charge in [0.15, 0.2) is 5.82 Å². The molecule has 3 aromatic rings. The number of sulfonamides is 1. The number of anilines is 1. The highest BCUT2D eigenvalue weighted by Gasteiger charge is 2.20. The minimum atomic E-state index is -3.63. The number of nitrogens with zero attached hydrogens (tertiary/aromatic N) is 3. The number of unbranched alkanes of at least 4 members (excludes halogenated alkanes) is 1. The molecule has 144 valence electrons. The zero-order chi connectivity index (χ0) is 19.0. The largest absolute Gasteiger partial charge is 0.382 e. The first kappa shape index (κ1) is 18.4. The Labute approximate surface area is 162 Å². The summed E-state index contributed by atoms with van der Waals surface area (Å²) in [6, 6.07) is 1.85. The number of primary sulfonamides is 1. The molecule has 9 heteroatoms. The third-order valence-electron chi connectivity index (χ3n) is 5.12. The fraction of sp³-hybridized carbons (Fsp3) is 0.444. The molecule has 0 fully saturated rings. The predicted molar refractivity (Wildman–Crippen MR) is 107 cm³/mol. The van der Waals surface area contributed by atoms with Gasteiger partial charge in [-0.05, 0) is 67.5 Å². The van der Waals surface area contributed by atoms with Crippen molar-refractivity contribution in [1.82, 2.24) is 14.5 Å². The first-order chi connectivity index (χ1) is 12.9. The van der Waals surface area contributed by atoms with E-state index >= 15 is 0 Å². The SMILES string of the molecule is Nc1nc2c(c3c1ncn3CCCCc1ccsc1S(N)(=O)=O)CCCC2. The fourth-order valence-corrected chi connectivity index (χ4v) is 5.79. The summed E-state index contributed by atoms with van der Waals surface area (Å²) in [4.78, 5) is 9.04. The molecule has 0 amide bonds. The summed E-state index contributed by atoms with van der Waals surface area (Å²) in [7, 11) is -3.63. The van der Waals surface area contributed by atoms with Crippen molar-refractivity contribution in [1.29, 1.82) is 0 Å². The van der Waals surface area contributed by atoms with E-state index in [-0.39, 0.29) is 4.21 Å². The number of rotatable bonds is 6. The van der Waals surface area contributed by atoms with Gasteiger partial charge in [-0.3, -0.25) is 0 Å². The number of pyridine rings is 1.